The fraction of sp³-hybridized carbons (Fsp3) is 0.333. The standard InChI is InChI=1S/C18H20N4O4/c1-2-26-14-5-3-13(4-6-14)17(24)21-9-11-22(12-10-21)18(25)15-7-8-16(23)20-19-15/h3-8H,2,9-12H2,1H3,(H,20,23). The van der Waals surface area contributed by atoms with Crippen molar-refractivity contribution in [3.8, 4) is 5.75 Å². The Hall–Kier alpha value is -3.16. The molecule has 8 nitrogen and oxygen atoms in total. The van der Waals surface area contributed by atoms with Crippen molar-refractivity contribution >= 4 is 11.8 Å². The number of carbonyl (C=O) groups excluding carboxylic acids is 2. The summed E-state index contributed by atoms with van der Waals surface area (Å²) in [5.41, 5.74) is 0.429. The molecule has 0 saturated carbocycles. The van der Waals surface area contributed by atoms with Crippen LogP contribution in [0.4, 0.5) is 0 Å². The molecule has 0 bridgehead atoms. The first-order valence-corrected chi connectivity index (χ1v) is 8.45. The Morgan fingerprint density at radius 1 is 1.00 bits per heavy atom. The number of carbonyl (C=O) groups is 2. The Bertz CT molecular complexity index is 819. The topological polar surface area (TPSA) is 95.6 Å². The molecule has 0 unspecified atom stereocenters. The number of rotatable bonds is 4. The Kier molecular flexibility index (Phi) is 5.31. The molecule has 3 rings (SSSR count). The Balaban J connectivity index is 1.59. The summed E-state index contributed by atoms with van der Waals surface area (Å²) in [6, 6.07) is 9.71. The molecule has 0 radical (unpaired) electrons. The summed E-state index contributed by atoms with van der Waals surface area (Å²) in [5, 5.41) is 6.01. The average molecular weight is 356 g/mol. The Labute approximate surface area is 150 Å². The van der Waals surface area contributed by atoms with Gasteiger partial charge in [0.25, 0.3) is 17.4 Å². The van der Waals surface area contributed by atoms with Gasteiger partial charge in [0.2, 0.25) is 0 Å². The molecular formula is C18H20N4O4. The van der Waals surface area contributed by atoms with Gasteiger partial charge in [-0.3, -0.25) is 14.4 Å². The maximum atomic E-state index is 12.6. The normalized spacial score (nSPS) is 14.2. The zero-order valence-electron chi connectivity index (χ0n) is 14.5. The summed E-state index contributed by atoms with van der Waals surface area (Å²) in [6.07, 6.45) is 0. The fourth-order valence-corrected chi connectivity index (χ4v) is 2.78. The van der Waals surface area contributed by atoms with Crippen LogP contribution in [-0.2, 0) is 0 Å². The van der Waals surface area contributed by atoms with Crippen LogP contribution in [0.2, 0.25) is 0 Å². The van der Waals surface area contributed by atoms with Crippen LogP contribution >= 0.6 is 0 Å². The average Bonchev–Trinajstić information content (AvgIpc) is 2.68. The van der Waals surface area contributed by atoms with Gasteiger partial charge >= 0.3 is 0 Å². The number of piperazine rings is 1. The molecule has 1 aromatic heterocycles. The predicted molar refractivity (Wildman–Crippen MR) is 94.3 cm³/mol. The zero-order valence-corrected chi connectivity index (χ0v) is 14.5. The van der Waals surface area contributed by atoms with Gasteiger partial charge in [-0.15, -0.1) is 0 Å². The predicted octanol–water partition coefficient (Wildman–Crippen LogP) is 0.767. The van der Waals surface area contributed by atoms with Gasteiger partial charge in [-0.1, -0.05) is 0 Å². The number of amides is 2. The minimum atomic E-state index is -0.354. The molecule has 1 saturated heterocycles. The van der Waals surface area contributed by atoms with Gasteiger partial charge < -0.3 is 14.5 Å². The molecule has 2 heterocycles. The molecule has 8 heteroatoms. The van der Waals surface area contributed by atoms with E-state index in [1.165, 1.54) is 12.1 Å². The van der Waals surface area contributed by atoms with Crippen molar-refractivity contribution in [2.45, 2.75) is 6.92 Å². The highest BCUT2D eigenvalue weighted by atomic mass is 16.5. The first-order valence-electron chi connectivity index (χ1n) is 8.45. The number of nitrogens with zero attached hydrogens (tertiary/aromatic N) is 3. The monoisotopic (exact) mass is 356 g/mol. The second kappa shape index (κ2) is 7.81. The number of hydrogen-bond acceptors (Lipinski definition) is 5. The SMILES string of the molecule is CCOc1ccc(C(=O)N2CCN(C(=O)c3ccc(=O)[nH]n3)CC2)cc1. The zero-order chi connectivity index (χ0) is 18.5. The van der Waals surface area contributed by atoms with E-state index >= 15 is 0 Å². The molecule has 1 N–H and O–H groups in total. The molecule has 0 spiro atoms. The van der Waals surface area contributed by atoms with Gasteiger partial charge in [0.15, 0.2) is 0 Å². The van der Waals surface area contributed by atoms with Gasteiger partial charge in [0, 0.05) is 37.8 Å². The lowest BCUT2D eigenvalue weighted by atomic mass is 10.1. The molecular weight excluding hydrogens is 336 g/mol. The second-order valence-electron chi connectivity index (χ2n) is 5.85. The van der Waals surface area contributed by atoms with Crippen molar-refractivity contribution in [3.63, 3.8) is 0 Å². The summed E-state index contributed by atoms with van der Waals surface area (Å²) in [6.45, 7) is 4.21. The summed E-state index contributed by atoms with van der Waals surface area (Å²) in [7, 11) is 0. The van der Waals surface area contributed by atoms with Gasteiger partial charge in [-0.05, 0) is 37.3 Å². The van der Waals surface area contributed by atoms with Crippen LogP contribution in [-0.4, -0.2) is 64.6 Å². The van der Waals surface area contributed by atoms with Crippen LogP contribution in [0.1, 0.15) is 27.8 Å². The largest absolute Gasteiger partial charge is 0.494 e. The van der Waals surface area contributed by atoms with Gasteiger partial charge in [-0.25, -0.2) is 5.10 Å². The lowest BCUT2D eigenvalue weighted by Crippen LogP contribution is -2.50. The maximum absolute atomic E-state index is 12.6. The summed E-state index contributed by atoms with van der Waals surface area (Å²) in [5.74, 6) is 0.407. The van der Waals surface area contributed by atoms with E-state index in [9.17, 15) is 14.4 Å². The van der Waals surface area contributed by atoms with Crippen molar-refractivity contribution in [2.24, 2.45) is 0 Å². The van der Waals surface area contributed by atoms with E-state index in [1.807, 2.05) is 6.92 Å². The van der Waals surface area contributed by atoms with E-state index < -0.39 is 0 Å². The van der Waals surface area contributed by atoms with Crippen LogP contribution in [0, 0.1) is 0 Å². The highest BCUT2D eigenvalue weighted by molar-refractivity contribution is 5.95. The summed E-state index contributed by atoms with van der Waals surface area (Å²) >= 11 is 0. The molecule has 1 aliphatic rings. The van der Waals surface area contributed by atoms with E-state index in [1.54, 1.807) is 34.1 Å². The Morgan fingerprint density at radius 3 is 2.15 bits per heavy atom. The molecule has 1 aromatic carbocycles. The molecule has 2 aromatic rings. The highest BCUT2D eigenvalue weighted by Gasteiger charge is 2.26. The van der Waals surface area contributed by atoms with E-state index in [-0.39, 0.29) is 23.1 Å². The van der Waals surface area contributed by atoms with Crippen molar-refractivity contribution in [2.75, 3.05) is 32.8 Å². The smallest absolute Gasteiger partial charge is 0.274 e. The van der Waals surface area contributed by atoms with Crippen molar-refractivity contribution in [3.05, 3.63) is 58.0 Å². The minimum Gasteiger partial charge on any atom is -0.494 e. The van der Waals surface area contributed by atoms with E-state index in [2.05, 4.69) is 10.2 Å². The van der Waals surface area contributed by atoms with Crippen LogP contribution < -0.4 is 10.3 Å². The van der Waals surface area contributed by atoms with E-state index in [4.69, 9.17) is 4.74 Å². The van der Waals surface area contributed by atoms with Crippen LogP contribution in [0.5, 0.6) is 5.75 Å². The van der Waals surface area contributed by atoms with Crippen LogP contribution in [0.15, 0.2) is 41.2 Å². The van der Waals surface area contributed by atoms with Gasteiger partial charge in [-0.2, -0.15) is 5.10 Å². The van der Waals surface area contributed by atoms with Gasteiger partial charge in [0.1, 0.15) is 11.4 Å². The highest BCUT2D eigenvalue weighted by Crippen LogP contribution is 2.15. The molecule has 1 fully saturated rings. The summed E-state index contributed by atoms with van der Waals surface area (Å²) < 4.78 is 5.38. The number of nitrogens with one attached hydrogen (secondary N) is 1. The third-order valence-corrected chi connectivity index (χ3v) is 4.16. The number of aromatic nitrogens is 2. The lowest BCUT2D eigenvalue weighted by Gasteiger charge is -2.34. The number of benzene rings is 1. The van der Waals surface area contributed by atoms with Gasteiger partial charge in [0.05, 0.1) is 6.61 Å². The molecule has 0 aliphatic carbocycles. The first kappa shape index (κ1) is 17.7. The van der Waals surface area contributed by atoms with Crippen molar-refractivity contribution in [1.29, 1.82) is 0 Å². The molecule has 1 aliphatic heterocycles. The number of aromatic amines is 1. The molecule has 0 atom stereocenters. The molecule has 136 valence electrons. The van der Waals surface area contributed by atoms with E-state index in [0.717, 1.165) is 5.75 Å². The third-order valence-electron chi connectivity index (χ3n) is 4.16. The fourth-order valence-electron chi connectivity index (χ4n) is 2.78. The maximum Gasteiger partial charge on any atom is 0.274 e. The van der Waals surface area contributed by atoms with Crippen molar-refractivity contribution < 1.29 is 14.3 Å². The van der Waals surface area contributed by atoms with Crippen molar-refractivity contribution in [1.82, 2.24) is 20.0 Å². The number of ether oxygens (including phenoxy) is 1. The number of hydrogen-bond donors (Lipinski definition) is 1. The second-order valence-corrected chi connectivity index (χ2v) is 5.85. The lowest BCUT2D eigenvalue weighted by molar-refractivity contribution is 0.0531. The third kappa shape index (κ3) is 3.90. The van der Waals surface area contributed by atoms with E-state index in [0.29, 0.717) is 38.3 Å². The minimum absolute atomic E-state index is 0.0673. The van der Waals surface area contributed by atoms with Crippen LogP contribution in [0.25, 0.3) is 0 Å². The molecule has 26 heavy (non-hydrogen) atoms. The van der Waals surface area contributed by atoms with Crippen LogP contribution in [0.3, 0.4) is 0 Å². The summed E-state index contributed by atoms with van der Waals surface area (Å²) in [4.78, 5) is 39.3. The quantitative estimate of drug-likeness (QED) is 0.873. The Morgan fingerprint density at radius 2 is 1.62 bits per heavy atom. The molecule has 2 amide bonds. The number of H-pyrrole nitrogens is 1. The first-order chi connectivity index (χ1) is 12.6.